The molecule has 8 heteroatoms. The second-order valence-corrected chi connectivity index (χ2v) is 7.57. The van der Waals surface area contributed by atoms with Gasteiger partial charge in [0.25, 0.3) is 0 Å². The van der Waals surface area contributed by atoms with E-state index in [0.717, 1.165) is 26.5 Å². The smallest absolute Gasteiger partial charge is 0.234 e. The van der Waals surface area contributed by atoms with E-state index in [1.54, 1.807) is 6.07 Å². The maximum atomic E-state index is 13.8. The molecule has 24 heavy (non-hydrogen) atoms. The Labute approximate surface area is 155 Å². The minimum Gasteiger partial charge on any atom is -0.347 e. The fraction of sp³-hybridized carbons (Fsp3) is 0.188. The van der Waals surface area contributed by atoms with Crippen LogP contribution in [0.3, 0.4) is 0 Å². The van der Waals surface area contributed by atoms with Crippen LogP contribution in [0.5, 0.6) is 0 Å². The van der Waals surface area contributed by atoms with Gasteiger partial charge in [-0.1, -0.05) is 44.0 Å². The molecule has 3 N–H and O–H groups in total. The molecule has 0 bridgehead atoms. The molecule has 4 rings (SSSR count). The monoisotopic (exact) mass is 453 g/mol. The SMILES string of the molecule is Fc1cc(Br)cc([C@@H]2C[C@H](c3cccc(Br)c3)N3NNN=C3N2)c1. The van der Waals surface area contributed by atoms with Gasteiger partial charge in [-0.25, -0.2) is 14.9 Å². The summed E-state index contributed by atoms with van der Waals surface area (Å²) in [6, 6.07) is 13.1. The molecular weight excluding hydrogens is 441 g/mol. The first kappa shape index (κ1) is 15.9. The molecule has 0 unspecified atom stereocenters. The van der Waals surface area contributed by atoms with E-state index in [1.165, 1.54) is 6.07 Å². The predicted octanol–water partition coefficient (Wildman–Crippen LogP) is 3.72. The zero-order valence-corrected chi connectivity index (χ0v) is 15.6. The number of rotatable bonds is 2. The van der Waals surface area contributed by atoms with Crippen LogP contribution in [0.2, 0.25) is 0 Å². The molecule has 2 aliphatic heterocycles. The summed E-state index contributed by atoms with van der Waals surface area (Å²) < 4.78 is 15.5. The quantitative estimate of drug-likeness (QED) is 0.647. The summed E-state index contributed by atoms with van der Waals surface area (Å²) in [4.78, 5) is 0. The Morgan fingerprint density at radius 2 is 1.92 bits per heavy atom. The van der Waals surface area contributed by atoms with Gasteiger partial charge in [0.1, 0.15) is 5.82 Å². The van der Waals surface area contributed by atoms with Crippen LogP contribution in [-0.2, 0) is 0 Å². The van der Waals surface area contributed by atoms with Crippen LogP contribution in [-0.4, -0.2) is 11.0 Å². The number of guanidine groups is 1. The van der Waals surface area contributed by atoms with Gasteiger partial charge in [0.15, 0.2) is 0 Å². The lowest BCUT2D eigenvalue weighted by Gasteiger charge is -2.38. The molecular formula is C16H14Br2FN5. The Bertz CT molecular complexity index is 793. The Hall–Kier alpha value is -1.64. The average molecular weight is 455 g/mol. The molecule has 2 aliphatic rings. The van der Waals surface area contributed by atoms with E-state index in [2.05, 4.69) is 65.5 Å². The van der Waals surface area contributed by atoms with E-state index < -0.39 is 0 Å². The number of nitrogens with zero attached hydrogens (tertiary/aromatic N) is 2. The van der Waals surface area contributed by atoms with Crippen molar-refractivity contribution >= 4 is 37.8 Å². The van der Waals surface area contributed by atoms with Gasteiger partial charge in [0, 0.05) is 8.95 Å². The number of hydrogen-bond acceptors (Lipinski definition) is 5. The summed E-state index contributed by atoms with van der Waals surface area (Å²) in [6.07, 6.45) is 0.764. The van der Waals surface area contributed by atoms with E-state index in [0.29, 0.717) is 5.96 Å². The summed E-state index contributed by atoms with van der Waals surface area (Å²) >= 11 is 6.89. The molecule has 0 radical (unpaired) electrons. The van der Waals surface area contributed by atoms with Crippen molar-refractivity contribution in [2.24, 2.45) is 5.10 Å². The van der Waals surface area contributed by atoms with E-state index >= 15 is 0 Å². The van der Waals surface area contributed by atoms with Crippen molar-refractivity contribution in [3.8, 4) is 0 Å². The minimum atomic E-state index is -0.257. The van der Waals surface area contributed by atoms with Crippen LogP contribution in [0, 0.1) is 5.82 Å². The average Bonchev–Trinajstić information content (AvgIpc) is 3.01. The first-order valence-corrected chi connectivity index (χ1v) is 9.04. The molecule has 0 aliphatic carbocycles. The Morgan fingerprint density at radius 1 is 1.08 bits per heavy atom. The normalized spacial score (nSPS) is 22.5. The third kappa shape index (κ3) is 3.01. The fourth-order valence-electron chi connectivity index (χ4n) is 3.10. The van der Waals surface area contributed by atoms with E-state index in [9.17, 15) is 4.39 Å². The van der Waals surface area contributed by atoms with E-state index in [-0.39, 0.29) is 17.9 Å². The van der Waals surface area contributed by atoms with Gasteiger partial charge in [-0.05, 0) is 47.9 Å². The van der Waals surface area contributed by atoms with Gasteiger partial charge in [-0.3, -0.25) is 0 Å². The van der Waals surface area contributed by atoms with Crippen molar-refractivity contribution in [3.63, 3.8) is 0 Å². The molecule has 1 saturated heterocycles. The van der Waals surface area contributed by atoms with Crippen molar-refractivity contribution in [2.45, 2.75) is 18.5 Å². The van der Waals surface area contributed by atoms with Crippen LogP contribution in [0.15, 0.2) is 56.5 Å². The molecule has 2 heterocycles. The topological polar surface area (TPSA) is 51.7 Å². The van der Waals surface area contributed by atoms with E-state index in [1.807, 2.05) is 23.2 Å². The largest absolute Gasteiger partial charge is 0.347 e. The highest BCUT2D eigenvalue weighted by atomic mass is 79.9. The van der Waals surface area contributed by atoms with Gasteiger partial charge in [0.2, 0.25) is 5.96 Å². The number of hydrazine groups is 2. The van der Waals surface area contributed by atoms with Crippen LogP contribution in [0.25, 0.3) is 0 Å². The molecule has 2 aromatic carbocycles. The zero-order chi connectivity index (χ0) is 16.7. The molecule has 1 fully saturated rings. The summed E-state index contributed by atoms with van der Waals surface area (Å²) in [7, 11) is 0. The number of benzene rings is 2. The lowest BCUT2D eigenvalue weighted by atomic mass is 9.92. The van der Waals surface area contributed by atoms with Gasteiger partial charge in [-0.2, -0.15) is 0 Å². The van der Waals surface area contributed by atoms with Crippen LogP contribution >= 0.6 is 31.9 Å². The van der Waals surface area contributed by atoms with Crippen molar-refractivity contribution in [2.75, 3.05) is 0 Å². The third-order valence-electron chi connectivity index (χ3n) is 4.16. The second kappa shape index (κ2) is 6.34. The zero-order valence-electron chi connectivity index (χ0n) is 12.4. The van der Waals surface area contributed by atoms with Gasteiger partial charge in [-0.15, -0.1) is 10.6 Å². The molecule has 124 valence electrons. The first-order valence-electron chi connectivity index (χ1n) is 7.46. The number of hydrazone groups is 1. The summed E-state index contributed by atoms with van der Waals surface area (Å²) in [5.41, 5.74) is 7.85. The van der Waals surface area contributed by atoms with Crippen LogP contribution in [0.1, 0.15) is 29.6 Å². The molecule has 0 saturated carbocycles. The summed E-state index contributed by atoms with van der Waals surface area (Å²) in [5, 5.41) is 9.53. The highest BCUT2D eigenvalue weighted by molar-refractivity contribution is 9.10. The summed E-state index contributed by atoms with van der Waals surface area (Å²) in [5.74, 6) is 0.434. The number of fused-ring (bicyclic) bond motifs is 1. The Kier molecular flexibility index (Phi) is 4.19. The van der Waals surface area contributed by atoms with Crippen molar-refractivity contribution in [1.82, 2.24) is 21.4 Å². The molecule has 5 nitrogen and oxygen atoms in total. The molecule has 0 aromatic heterocycles. The number of halogens is 3. The maximum absolute atomic E-state index is 13.8. The predicted molar refractivity (Wildman–Crippen MR) is 97.0 cm³/mol. The molecule has 0 spiro atoms. The molecule has 2 atom stereocenters. The van der Waals surface area contributed by atoms with Crippen molar-refractivity contribution in [3.05, 3.63) is 68.4 Å². The van der Waals surface area contributed by atoms with Crippen molar-refractivity contribution in [1.29, 1.82) is 0 Å². The Balaban J connectivity index is 1.71. The molecule has 2 aromatic rings. The Morgan fingerprint density at radius 3 is 2.71 bits per heavy atom. The van der Waals surface area contributed by atoms with Crippen LogP contribution < -0.4 is 16.4 Å². The van der Waals surface area contributed by atoms with Gasteiger partial charge < -0.3 is 5.32 Å². The number of nitrogens with one attached hydrogen (secondary N) is 3. The van der Waals surface area contributed by atoms with Gasteiger partial charge >= 0.3 is 0 Å². The minimum absolute atomic E-state index is 0.0438. The third-order valence-corrected chi connectivity index (χ3v) is 5.11. The standard InChI is InChI=1S/C16H14Br2FN5/c17-11-3-1-2-9(4-11)15-8-14(20-16-21-22-23-24(15)16)10-5-12(18)7-13(19)6-10/h1-7,14-15,22-23H,8H2,(H,20,21)/t14-,15+/m0/s1. The maximum Gasteiger partial charge on any atom is 0.234 e. The fourth-order valence-corrected chi connectivity index (χ4v) is 4.00. The molecule has 0 amide bonds. The highest BCUT2D eigenvalue weighted by Gasteiger charge is 2.36. The van der Waals surface area contributed by atoms with Crippen molar-refractivity contribution < 1.29 is 4.39 Å². The van der Waals surface area contributed by atoms with E-state index in [4.69, 9.17) is 0 Å². The lowest BCUT2D eigenvalue weighted by Crippen LogP contribution is -2.53. The highest BCUT2D eigenvalue weighted by Crippen LogP contribution is 2.36. The first-order chi connectivity index (χ1) is 11.6. The number of hydrogen-bond donors (Lipinski definition) is 3. The lowest BCUT2D eigenvalue weighted by molar-refractivity contribution is 0.172. The van der Waals surface area contributed by atoms with Gasteiger partial charge in [0.05, 0.1) is 12.1 Å². The van der Waals surface area contributed by atoms with Crippen LogP contribution in [0.4, 0.5) is 4.39 Å². The summed E-state index contributed by atoms with van der Waals surface area (Å²) in [6.45, 7) is 0. The second-order valence-electron chi connectivity index (χ2n) is 5.74.